The van der Waals surface area contributed by atoms with E-state index >= 15 is 0 Å². The summed E-state index contributed by atoms with van der Waals surface area (Å²) in [6, 6.07) is 5.38. The number of thioether (sulfide) groups is 1. The van der Waals surface area contributed by atoms with Crippen molar-refractivity contribution in [3.05, 3.63) is 48.3 Å². The molecule has 5 aliphatic rings. The minimum absolute atomic E-state index is 0.180. The van der Waals surface area contributed by atoms with Crippen molar-refractivity contribution >= 4 is 11.8 Å². The van der Waals surface area contributed by atoms with Gasteiger partial charge in [0.2, 0.25) is 0 Å². The predicted molar refractivity (Wildman–Crippen MR) is 144 cm³/mol. The summed E-state index contributed by atoms with van der Waals surface area (Å²) in [5.74, 6) is 2.10. The Morgan fingerprint density at radius 2 is 1.35 bits per heavy atom. The summed E-state index contributed by atoms with van der Waals surface area (Å²) >= 11 is 1.96. The van der Waals surface area contributed by atoms with Crippen molar-refractivity contribution in [2.24, 2.45) is 17.3 Å². The van der Waals surface area contributed by atoms with Crippen LogP contribution in [0.4, 0.5) is 0 Å². The monoisotopic (exact) mass is 526 g/mol. The minimum Gasteiger partial charge on any atom is -0.472 e. The van der Waals surface area contributed by atoms with Gasteiger partial charge in [0.1, 0.15) is 12.5 Å². The normalized spacial score (nSPS) is 46.8. The molecule has 0 aliphatic carbocycles. The van der Waals surface area contributed by atoms with E-state index in [9.17, 15) is 10.2 Å². The van der Waals surface area contributed by atoms with Crippen molar-refractivity contribution in [2.45, 2.75) is 113 Å². The number of nitrogens with zero attached hydrogens (tertiary/aromatic N) is 2. The molecule has 0 unspecified atom stereocenters. The molecule has 2 aromatic rings. The van der Waals surface area contributed by atoms with Crippen LogP contribution in [0.25, 0.3) is 0 Å². The first-order chi connectivity index (χ1) is 17.9. The van der Waals surface area contributed by atoms with Crippen LogP contribution in [0.15, 0.2) is 46.0 Å². The number of rotatable bonds is 2. The van der Waals surface area contributed by atoms with E-state index < -0.39 is 12.5 Å². The van der Waals surface area contributed by atoms with Gasteiger partial charge in [0.15, 0.2) is 0 Å². The average molecular weight is 527 g/mol. The molecule has 0 aromatic carbocycles. The first-order valence-corrected chi connectivity index (χ1v) is 15.5. The topological polar surface area (TPSA) is 73.2 Å². The van der Waals surface area contributed by atoms with Gasteiger partial charge in [-0.25, -0.2) is 0 Å². The molecule has 0 radical (unpaired) electrons. The average Bonchev–Trinajstić information content (AvgIpc) is 3.68. The maximum Gasteiger partial charge on any atom is 0.122 e. The lowest BCUT2D eigenvalue weighted by Gasteiger charge is -2.58. The maximum atomic E-state index is 12.2. The van der Waals surface area contributed by atoms with E-state index in [1.54, 1.807) is 12.5 Å². The Bertz CT molecular complexity index is 993. The quantitative estimate of drug-likeness (QED) is 0.501. The standard InChI is InChI=1S/C30H42N2O4S/c1-19-3-5-25(21-9-13-35-15-21)31-23(19)7-11-29(27(31)33)17-30(37-18-29)12-8-24-20(2)4-6-26(32(24)28(30)34)22-10-14-36-16-22/h9-10,13-16,19-20,23-28,33-34H,3-8,11-12,17-18H2,1-2H3/t19-,20-,23+,24+,25+,26+,27-,28-,29-,30+/m1/s1. The van der Waals surface area contributed by atoms with Crippen LogP contribution in [0, 0.1) is 17.3 Å². The van der Waals surface area contributed by atoms with Crippen molar-refractivity contribution in [1.82, 2.24) is 9.80 Å². The minimum atomic E-state index is -0.506. The second-order valence-corrected chi connectivity index (χ2v) is 14.4. The van der Waals surface area contributed by atoms with Gasteiger partial charge in [0.25, 0.3) is 0 Å². The first kappa shape index (κ1) is 24.8. The summed E-state index contributed by atoms with van der Waals surface area (Å²) in [6.45, 7) is 4.72. The SMILES string of the molecule is C[C@@H]1CC[C@@H](c2ccoc2)N2[C@H]1CC[C@@]1(CS[C@@]3(CC[C@H]4[C@H](C)CC[C@@H](c5ccoc5)N4[C@@H]3O)C1)[C@H]2O. The van der Waals surface area contributed by atoms with Crippen LogP contribution in [-0.4, -0.2) is 55.1 Å². The van der Waals surface area contributed by atoms with Crippen molar-refractivity contribution in [1.29, 1.82) is 0 Å². The van der Waals surface area contributed by atoms with Crippen molar-refractivity contribution in [2.75, 3.05) is 5.75 Å². The zero-order valence-electron chi connectivity index (χ0n) is 22.2. The van der Waals surface area contributed by atoms with Gasteiger partial charge in [-0.15, -0.1) is 0 Å². The number of furan rings is 2. The molecule has 7 heteroatoms. The summed E-state index contributed by atoms with van der Waals surface area (Å²) in [4.78, 5) is 4.90. The Labute approximate surface area is 224 Å². The van der Waals surface area contributed by atoms with Gasteiger partial charge in [-0.1, -0.05) is 13.8 Å². The van der Waals surface area contributed by atoms with Crippen LogP contribution in [0.3, 0.4) is 0 Å². The van der Waals surface area contributed by atoms with Crippen molar-refractivity contribution in [3.63, 3.8) is 0 Å². The highest BCUT2D eigenvalue weighted by atomic mass is 32.2. The summed E-state index contributed by atoms with van der Waals surface area (Å²) < 4.78 is 10.7. The zero-order valence-corrected chi connectivity index (χ0v) is 23.0. The molecule has 7 heterocycles. The van der Waals surface area contributed by atoms with Crippen molar-refractivity contribution in [3.8, 4) is 0 Å². The Morgan fingerprint density at radius 1 is 0.784 bits per heavy atom. The molecule has 5 aliphatic heterocycles. The van der Waals surface area contributed by atoms with Gasteiger partial charge in [-0.05, 0) is 81.8 Å². The fourth-order valence-electron chi connectivity index (χ4n) is 9.06. The highest BCUT2D eigenvalue weighted by Crippen LogP contribution is 2.63. The fraction of sp³-hybridized carbons (Fsp3) is 0.733. The van der Waals surface area contributed by atoms with Gasteiger partial charge < -0.3 is 19.0 Å². The zero-order chi connectivity index (χ0) is 25.4. The van der Waals surface area contributed by atoms with E-state index in [4.69, 9.17) is 8.83 Å². The van der Waals surface area contributed by atoms with Gasteiger partial charge in [-0.2, -0.15) is 11.8 Å². The Balaban J connectivity index is 1.18. The van der Waals surface area contributed by atoms with Crippen LogP contribution in [0.1, 0.15) is 94.8 Å². The Kier molecular flexibility index (Phi) is 6.13. The van der Waals surface area contributed by atoms with E-state index in [1.807, 2.05) is 24.3 Å². The van der Waals surface area contributed by atoms with Crippen LogP contribution >= 0.6 is 11.8 Å². The number of aliphatic hydroxyl groups excluding tert-OH is 2. The van der Waals surface area contributed by atoms with E-state index in [0.717, 1.165) is 50.7 Å². The molecule has 2 N–H and O–H groups in total. The largest absolute Gasteiger partial charge is 0.472 e. The second-order valence-electron chi connectivity index (χ2n) is 13.0. The van der Waals surface area contributed by atoms with Crippen LogP contribution < -0.4 is 0 Å². The van der Waals surface area contributed by atoms with Crippen LogP contribution in [-0.2, 0) is 0 Å². The fourth-order valence-corrected chi connectivity index (χ4v) is 11.0. The van der Waals surface area contributed by atoms with E-state index in [0.29, 0.717) is 23.9 Å². The molecule has 0 saturated carbocycles. The summed E-state index contributed by atoms with van der Waals surface area (Å²) in [5.41, 5.74) is 2.20. The molecule has 37 heavy (non-hydrogen) atoms. The number of aliphatic hydroxyl groups is 2. The van der Waals surface area contributed by atoms with E-state index in [-0.39, 0.29) is 22.2 Å². The van der Waals surface area contributed by atoms with Gasteiger partial charge >= 0.3 is 0 Å². The molecule has 7 rings (SSSR count). The highest BCUT2D eigenvalue weighted by molar-refractivity contribution is 8.01. The van der Waals surface area contributed by atoms with Gasteiger partial charge in [0.05, 0.1) is 29.8 Å². The second kappa shape index (κ2) is 9.16. The molecule has 202 valence electrons. The maximum absolute atomic E-state index is 12.2. The van der Waals surface area contributed by atoms with Crippen LogP contribution in [0.2, 0.25) is 0 Å². The summed E-state index contributed by atoms with van der Waals surface area (Å²) in [7, 11) is 0. The third-order valence-corrected chi connectivity index (χ3v) is 13.0. The van der Waals surface area contributed by atoms with Gasteiger partial charge in [-0.3, -0.25) is 9.80 Å². The van der Waals surface area contributed by atoms with Crippen LogP contribution in [0.5, 0.6) is 0 Å². The predicted octanol–water partition coefficient (Wildman–Crippen LogP) is 5.94. The smallest absolute Gasteiger partial charge is 0.122 e. The molecule has 5 fully saturated rings. The molecule has 0 bridgehead atoms. The molecule has 6 nitrogen and oxygen atoms in total. The molecule has 0 amide bonds. The third kappa shape index (κ3) is 3.75. The van der Waals surface area contributed by atoms with E-state index in [2.05, 4.69) is 35.8 Å². The molecular formula is C30H42N2O4S. The van der Waals surface area contributed by atoms with E-state index in [1.165, 1.54) is 24.0 Å². The number of piperidine rings is 4. The summed E-state index contributed by atoms with van der Waals surface area (Å²) in [6.07, 6.45) is 16.0. The Morgan fingerprint density at radius 3 is 1.92 bits per heavy atom. The molecule has 5 saturated heterocycles. The molecular weight excluding hydrogens is 484 g/mol. The highest BCUT2D eigenvalue weighted by Gasteiger charge is 2.63. The lowest BCUT2D eigenvalue weighted by molar-refractivity contribution is -0.191. The Hall–Kier alpha value is -1.25. The number of fused-ring (bicyclic) bond motifs is 2. The number of hydrogen-bond donors (Lipinski definition) is 2. The third-order valence-electron chi connectivity index (χ3n) is 11.1. The molecule has 10 atom stereocenters. The molecule has 2 spiro atoms. The van der Waals surface area contributed by atoms with Crippen molar-refractivity contribution < 1.29 is 19.0 Å². The number of hydrogen-bond acceptors (Lipinski definition) is 7. The van der Waals surface area contributed by atoms with Gasteiger partial charge in [0, 0.05) is 46.5 Å². The lowest BCUT2D eigenvalue weighted by Crippen LogP contribution is -2.64. The molecule has 2 aromatic heterocycles. The lowest BCUT2D eigenvalue weighted by atomic mass is 9.65. The first-order valence-electron chi connectivity index (χ1n) is 14.5. The summed E-state index contributed by atoms with van der Waals surface area (Å²) in [5, 5.41) is 24.4.